The molecule has 2 fully saturated rings. The van der Waals surface area contributed by atoms with Gasteiger partial charge >= 0.3 is 0 Å². The summed E-state index contributed by atoms with van der Waals surface area (Å²) in [5, 5.41) is 5.90. The van der Waals surface area contributed by atoms with Gasteiger partial charge in [-0.25, -0.2) is 8.42 Å². The second-order valence-corrected chi connectivity index (χ2v) is 9.31. The molecule has 2 heterocycles. The van der Waals surface area contributed by atoms with Gasteiger partial charge in [0, 0.05) is 38.0 Å². The fourth-order valence-corrected chi connectivity index (χ4v) is 4.97. The summed E-state index contributed by atoms with van der Waals surface area (Å²) >= 11 is 0. The first kappa shape index (κ1) is 18.8. The van der Waals surface area contributed by atoms with E-state index in [0.29, 0.717) is 18.7 Å². The van der Waals surface area contributed by atoms with Crippen LogP contribution in [0.5, 0.6) is 0 Å². The monoisotopic (exact) mass is 379 g/mol. The van der Waals surface area contributed by atoms with Crippen molar-refractivity contribution in [2.75, 3.05) is 24.7 Å². The number of carbonyl (C=O) groups is 2. The number of carbonyl (C=O) groups excluding carboxylic acids is 2. The zero-order valence-corrected chi connectivity index (χ0v) is 15.9. The van der Waals surface area contributed by atoms with Crippen LogP contribution in [0.15, 0.2) is 24.3 Å². The third kappa shape index (κ3) is 3.91. The molecule has 2 atom stereocenters. The number of hydrogen-bond acceptors (Lipinski definition) is 4. The molecular formula is C18H25N3O4S. The number of anilines is 1. The smallest absolute Gasteiger partial charge is 0.221 e. The molecule has 0 unspecified atom stereocenters. The van der Waals surface area contributed by atoms with Gasteiger partial charge in [-0.1, -0.05) is 18.6 Å². The molecule has 1 aromatic carbocycles. The van der Waals surface area contributed by atoms with E-state index in [2.05, 4.69) is 10.6 Å². The van der Waals surface area contributed by atoms with Crippen LogP contribution in [0.4, 0.5) is 5.69 Å². The number of rotatable bonds is 3. The Hall–Kier alpha value is -1.93. The molecule has 1 spiro atoms. The van der Waals surface area contributed by atoms with E-state index in [4.69, 9.17) is 0 Å². The topological polar surface area (TPSA) is 95.6 Å². The molecule has 0 radical (unpaired) electrons. The van der Waals surface area contributed by atoms with Gasteiger partial charge in [0.15, 0.2) is 0 Å². The van der Waals surface area contributed by atoms with Gasteiger partial charge in [0.05, 0.1) is 11.8 Å². The second kappa shape index (κ2) is 7.00. The third-order valence-corrected chi connectivity index (χ3v) is 6.47. The SMILES string of the molecule is CC(=O)Nc1cccc([C@@H]2CN(S(C)(=O)=O)C[C@]23CCCCC(=O)N3)c1. The maximum absolute atomic E-state index is 12.3. The van der Waals surface area contributed by atoms with E-state index in [0.717, 1.165) is 24.8 Å². The highest BCUT2D eigenvalue weighted by Crippen LogP contribution is 2.42. The van der Waals surface area contributed by atoms with Crippen molar-refractivity contribution in [1.82, 2.24) is 9.62 Å². The Labute approximate surface area is 154 Å². The Morgan fingerprint density at radius 3 is 2.81 bits per heavy atom. The van der Waals surface area contributed by atoms with Crippen LogP contribution < -0.4 is 10.6 Å². The van der Waals surface area contributed by atoms with E-state index in [9.17, 15) is 18.0 Å². The summed E-state index contributed by atoms with van der Waals surface area (Å²) < 4.78 is 25.8. The maximum atomic E-state index is 12.3. The molecule has 1 aromatic rings. The first-order valence-electron chi connectivity index (χ1n) is 8.83. The van der Waals surface area contributed by atoms with Crippen LogP contribution >= 0.6 is 0 Å². The van der Waals surface area contributed by atoms with Crippen molar-refractivity contribution in [1.29, 1.82) is 0 Å². The number of hydrogen-bond donors (Lipinski definition) is 2. The minimum atomic E-state index is -3.37. The normalized spacial score (nSPS) is 27.2. The summed E-state index contributed by atoms with van der Waals surface area (Å²) in [5.74, 6) is -0.349. The minimum absolute atomic E-state index is 0.0270. The van der Waals surface area contributed by atoms with Gasteiger partial charge in [0.25, 0.3) is 0 Å². The highest BCUT2D eigenvalue weighted by Gasteiger charge is 2.50. The summed E-state index contributed by atoms with van der Waals surface area (Å²) in [6.45, 7) is 2.05. The van der Waals surface area contributed by atoms with Crippen molar-refractivity contribution in [2.24, 2.45) is 0 Å². The predicted molar refractivity (Wildman–Crippen MR) is 99.2 cm³/mol. The first-order chi connectivity index (χ1) is 12.2. The number of amides is 2. The number of sulfonamides is 1. The van der Waals surface area contributed by atoms with Gasteiger partial charge in [0.2, 0.25) is 21.8 Å². The molecule has 2 N–H and O–H groups in total. The Balaban J connectivity index is 2.01. The molecule has 2 saturated heterocycles. The quantitative estimate of drug-likeness (QED) is 0.830. The lowest BCUT2D eigenvalue weighted by Gasteiger charge is -2.35. The summed E-state index contributed by atoms with van der Waals surface area (Å²) in [6.07, 6.45) is 4.09. The summed E-state index contributed by atoms with van der Waals surface area (Å²) in [4.78, 5) is 23.6. The Morgan fingerprint density at radius 2 is 2.12 bits per heavy atom. The predicted octanol–water partition coefficient (Wildman–Crippen LogP) is 1.43. The van der Waals surface area contributed by atoms with Crippen LogP contribution in [0.1, 0.15) is 44.1 Å². The van der Waals surface area contributed by atoms with Gasteiger partial charge in [-0.3, -0.25) is 9.59 Å². The highest BCUT2D eigenvalue weighted by molar-refractivity contribution is 7.88. The maximum Gasteiger partial charge on any atom is 0.221 e. The number of benzene rings is 1. The van der Waals surface area contributed by atoms with Crippen molar-refractivity contribution in [3.63, 3.8) is 0 Å². The average molecular weight is 379 g/mol. The Kier molecular flexibility index (Phi) is 5.07. The van der Waals surface area contributed by atoms with E-state index in [1.165, 1.54) is 17.5 Å². The summed E-state index contributed by atoms with van der Waals surface area (Å²) in [6, 6.07) is 7.44. The van der Waals surface area contributed by atoms with E-state index >= 15 is 0 Å². The van der Waals surface area contributed by atoms with Crippen molar-refractivity contribution in [3.05, 3.63) is 29.8 Å². The van der Waals surface area contributed by atoms with E-state index in [1.54, 1.807) is 6.07 Å². The molecule has 0 bridgehead atoms. The number of nitrogens with zero attached hydrogens (tertiary/aromatic N) is 1. The van der Waals surface area contributed by atoms with Crippen LogP contribution in [0.25, 0.3) is 0 Å². The lowest BCUT2D eigenvalue weighted by Crippen LogP contribution is -2.52. The molecular weight excluding hydrogens is 354 g/mol. The zero-order chi connectivity index (χ0) is 18.9. The third-order valence-electron chi connectivity index (χ3n) is 5.26. The molecule has 2 amide bonds. The van der Waals surface area contributed by atoms with Crippen LogP contribution in [0, 0.1) is 0 Å². The molecule has 0 aromatic heterocycles. The molecule has 0 saturated carbocycles. The molecule has 0 aliphatic carbocycles. The Morgan fingerprint density at radius 1 is 1.35 bits per heavy atom. The van der Waals surface area contributed by atoms with Crippen molar-refractivity contribution >= 4 is 27.5 Å². The highest BCUT2D eigenvalue weighted by atomic mass is 32.2. The van der Waals surface area contributed by atoms with Gasteiger partial charge in [-0.2, -0.15) is 4.31 Å². The van der Waals surface area contributed by atoms with Gasteiger partial charge in [0.1, 0.15) is 0 Å². The van der Waals surface area contributed by atoms with E-state index in [-0.39, 0.29) is 24.3 Å². The number of nitrogens with one attached hydrogen (secondary N) is 2. The van der Waals surface area contributed by atoms with Gasteiger partial charge in [-0.15, -0.1) is 0 Å². The lowest BCUT2D eigenvalue weighted by molar-refractivity contribution is -0.122. The summed E-state index contributed by atoms with van der Waals surface area (Å²) in [7, 11) is -3.37. The Bertz CT molecular complexity index is 823. The molecule has 7 nitrogen and oxygen atoms in total. The summed E-state index contributed by atoms with van der Waals surface area (Å²) in [5.41, 5.74) is 0.985. The van der Waals surface area contributed by atoms with Gasteiger partial charge in [-0.05, 0) is 30.5 Å². The second-order valence-electron chi connectivity index (χ2n) is 7.33. The fraction of sp³-hybridized carbons (Fsp3) is 0.556. The van der Waals surface area contributed by atoms with Crippen LogP contribution in [-0.4, -0.2) is 49.4 Å². The van der Waals surface area contributed by atoms with Crippen LogP contribution in [0.3, 0.4) is 0 Å². The van der Waals surface area contributed by atoms with E-state index in [1.807, 2.05) is 18.2 Å². The van der Waals surface area contributed by atoms with Crippen molar-refractivity contribution in [2.45, 2.75) is 44.1 Å². The molecule has 142 valence electrons. The van der Waals surface area contributed by atoms with Crippen molar-refractivity contribution in [3.8, 4) is 0 Å². The first-order valence-corrected chi connectivity index (χ1v) is 10.7. The van der Waals surface area contributed by atoms with Crippen LogP contribution in [0.2, 0.25) is 0 Å². The van der Waals surface area contributed by atoms with Crippen LogP contribution in [-0.2, 0) is 19.6 Å². The molecule has 2 aliphatic heterocycles. The lowest BCUT2D eigenvalue weighted by atomic mass is 9.79. The largest absolute Gasteiger partial charge is 0.349 e. The molecule has 3 rings (SSSR count). The standard InChI is InChI=1S/C18H25N3O4S/c1-13(22)19-15-7-5-6-14(10-15)16-11-21(26(2,24)25)12-18(16)9-4-3-8-17(23)20-18/h5-7,10,16H,3-4,8-9,11-12H2,1-2H3,(H,19,22)(H,20,23)/t16-,18+/m0/s1. The molecule has 2 aliphatic rings. The average Bonchev–Trinajstić information content (AvgIpc) is 2.80. The zero-order valence-electron chi connectivity index (χ0n) is 15.1. The fourth-order valence-electron chi connectivity index (χ4n) is 4.09. The molecule has 8 heteroatoms. The van der Waals surface area contributed by atoms with E-state index < -0.39 is 15.6 Å². The van der Waals surface area contributed by atoms with Crippen molar-refractivity contribution < 1.29 is 18.0 Å². The van der Waals surface area contributed by atoms with Gasteiger partial charge < -0.3 is 10.6 Å². The molecule has 26 heavy (non-hydrogen) atoms. The minimum Gasteiger partial charge on any atom is -0.349 e.